The van der Waals surface area contributed by atoms with Gasteiger partial charge in [-0.2, -0.15) is 0 Å². The van der Waals surface area contributed by atoms with Crippen LogP contribution in [0.4, 0.5) is 0 Å². The van der Waals surface area contributed by atoms with Crippen molar-refractivity contribution < 1.29 is 5.79 Å². The Bertz CT molecular complexity index is 1700. The van der Waals surface area contributed by atoms with Crippen molar-refractivity contribution in [2.24, 2.45) is 0 Å². The van der Waals surface area contributed by atoms with Crippen LogP contribution in [0.15, 0.2) is 76.7 Å². The quantitative estimate of drug-likeness (QED) is 0.269. The SMILES string of the molecule is [2H]C(C)(C)c1cnc(-c2cccc3c2oc2c4ccsc4ccc32)cc1-c1c(C)cccc1C. The zero-order valence-corrected chi connectivity index (χ0v) is 20.0. The molecule has 0 unspecified atom stereocenters. The van der Waals surface area contributed by atoms with Crippen LogP contribution in [0, 0.1) is 13.8 Å². The van der Waals surface area contributed by atoms with Crippen molar-refractivity contribution in [2.75, 3.05) is 0 Å². The van der Waals surface area contributed by atoms with Crippen molar-refractivity contribution in [3.8, 4) is 22.4 Å². The second kappa shape index (κ2) is 7.57. The monoisotopic (exact) mass is 448 g/mol. The maximum absolute atomic E-state index is 8.79. The minimum atomic E-state index is -0.772. The lowest BCUT2D eigenvalue weighted by Gasteiger charge is -2.18. The number of aromatic nitrogens is 1. The van der Waals surface area contributed by atoms with Crippen molar-refractivity contribution in [1.82, 2.24) is 4.98 Å². The second-order valence-corrected chi connectivity index (χ2v) is 9.89. The normalized spacial score (nSPS) is 12.7. The first kappa shape index (κ1) is 19.1. The van der Waals surface area contributed by atoms with Gasteiger partial charge >= 0.3 is 0 Å². The highest BCUT2D eigenvalue weighted by atomic mass is 32.1. The Hall–Kier alpha value is -3.43. The number of furan rings is 1. The van der Waals surface area contributed by atoms with Gasteiger partial charge in [0.05, 0.1) is 5.69 Å². The second-order valence-electron chi connectivity index (χ2n) is 8.94. The predicted molar refractivity (Wildman–Crippen MR) is 141 cm³/mol. The predicted octanol–water partition coefficient (Wildman–Crippen LogP) is 9.27. The summed E-state index contributed by atoms with van der Waals surface area (Å²) in [6.45, 7) is 8.12. The van der Waals surface area contributed by atoms with Crippen molar-refractivity contribution >= 4 is 43.4 Å². The van der Waals surface area contributed by atoms with Gasteiger partial charge in [-0.05, 0) is 83.3 Å². The fourth-order valence-corrected chi connectivity index (χ4v) is 5.73. The molecule has 0 aliphatic rings. The molecule has 6 aromatic rings. The molecule has 3 heteroatoms. The maximum atomic E-state index is 8.79. The summed E-state index contributed by atoms with van der Waals surface area (Å²) in [4.78, 5) is 4.86. The lowest BCUT2D eigenvalue weighted by molar-refractivity contribution is 0.673. The Kier molecular flexibility index (Phi) is 4.37. The van der Waals surface area contributed by atoms with E-state index < -0.39 is 5.89 Å². The number of nitrogens with zero attached hydrogens (tertiary/aromatic N) is 1. The first-order valence-corrected chi connectivity index (χ1v) is 12.1. The Labute approximate surface area is 198 Å². The van der Waals surface area contributed by atoms with Gasteiger partial charge in [-0.15, -0.1) is 11.3 Å². The molecule has 0 N–H and O–H groups in total. The molecule has 3 aromatic carbocycles. The van der Waals surface area contributed by atoms with Crippen molar-refractivity contribution in [3.63, 3.8) is 0 Å². The van der Waals surface area contributed by atoms with E-state index in [4.69, 9.17) is 10.8 Å². The van der Waals surface area contributed by atoms with Gasteiger partial charge in [0.25, 0.3) is 0 Å². The van der Waals surface area contributed by atoms with Crippen LogP contribution in [0.1, 0.15) is 37.8 Å². The molecule has 0 aliphatic heterocycles. The number of benzene rings is 3. The van der Waals surface area contributed by atoms with Crippen molar-refractivity contribution in [2.45, 2.75) is 33.6 Å². The molecule has 0 aliphatic carbocycles. The van der Waals surface area contributed by atoms with E-state index in [0.717, 1.165) is 49.7 Å². The Morgan fingerprint density at radius 3 is 2.39 bits per heavy atom. The topological polar surface area (TPSA) is 26.0 Å². The van der Waals surface area contributed by atoms with Gasteiger partial charge in [0.15, 0.2) is 0 Å². The molecule has 2 nitrogen and oxygen atoms in total. The van der Waals surface area contributed by atoms with E-state index in [2.05, 4.69) is 79.9 Å². The maximum Gasteiger partial charge on any atom is 0.144 e. The first-order chi connectivity index (χ1) is 16.3. The lowest BCUT2D eigenvalue weighted by atomic mass is 9.88. The van der Waals surface area contributed by atoms with Crippen LogP contribution in [0.5, 0.6) is 0 Å². The fraction of sp³-hybridized carbons (Fsp3) is 0.167. The highest BCUT2D eigenvalue weighted by Crippen LogP contribution is 2.41. The van der Waals surface area contributed by atoms with Gasteiger partial charge < -0.3 is 4.42 Å². The molecule has 0 amide bonds. The van der Waals surface area contributed by atoms with E-state index in [0.29, 0.717) is 0 Å². The average molecular weight is 449 g/mol. The van der Waals surface area contributed by atoms with Crippen molar-refractivity contribution in [1.29, 1.82) is 0 Å². The van der Waals surface area contributed by atoms with Gasteiger partial charge in [0.2, 0.25) is 0 Å². The van der Waals surface area contributed by atoms with Crippen LogP contribution in [0.2, 0.25) is 0 Å². The zero-order chi connectivity index (χ0) is 23.6. The molecule has 33 heavy (non-hydrogen) atoms. The molecule has 6 rings (SSSR count). The Morgan fingerprint density at radius 2 is 1.61 bits per heavy atom. The minimum Gasteiger partial charge on any atom is -0.455 e. The van der Waals surface area contributed by atoms with Crippen LogP contribution >= 0.6 is 11.3 Å². The van der Waals surface area contributed by atoms with Gasteiger partial charge in [-0.3, -0.25) is 4.98 Å². The lowest BCUT2D eigenvalue weighted by Crippen LogP contribution is -1.99. The largest absolute Gasteiger partial charge is 0.455 e. The fourth-order valence-electron chi connectivity index (χ4n) is 4.95. The van der Waals surface area contributed by atoms with Crippen molar-refractivity contribution in [3.05, 3.63) is 88.9 Å². The summed E-state index contributed by atoms with van der Waals surface area (Å²) in [5.74, 6) is -0.772. The molecule has 162 valence electrons. The first-order valence-electron chi connectivity index (χ1n) is 11.7. The van der Waals surface area contributed by atoms with Crippen LogP contribution in [0.25, 0.3) is 54.4 Å². The van der Waals surface area contributed by atoms with Gasteiger partial charge in [0.1, 0.15) is 11.2 Å². The highest BCUT2D eigenvalue weighted by molar-refractivity contribution is 7.17. The van der Waals surface area contributed by atoms with Crippen LogP contribution in [0.3, 0.4) is 0 Å². The molecule has 0 saturated heterocycles. The summed E-state index contributed by atoms with van der Waals surface area (Å²) in [6.07, 6.45) is 1.88. The molecular formula is C30H25NOS. The third kappa shape index (κ3) is 3.11. The number of para-hydroxylation sites is 1. The van der Waals surface area contributed by atoms with E-state index in [1.807, 2.05) is 20.0 Å². The summed E-state index contributed by atoms with van der Waals surface area (Å²) in [7, 11) is 0. The molecule has 0 spiro atoms. The molecule has 0 fully saturated rings. The van der Waals surface area contributed by atoms with E-state index in [1.54, 1.807) is 11.3 Å². The molecule has 0 atom stereocenters. The average Bonchev–Trinajstić information content (AvgIpc) is 3.42. The molecule has 3 aromatic heterocycles. The number of rotatable bonds is 3. The number of hydrogen-bond donors (Lipinski definition) is 0. The standard InChI is InChI=1S/C30H25NOS/c1-17(2)25-16-31-26(15-24(25)28-18(3)7-5-8-19(28)4)22-10-6-9-20-21-11-12-27-23(13-14-33-27)30(21)32-29(20)22/h5-17H,1-4H3/i17D. The number of aryl methyl sites for hydroxylation is 2. The number of hydrogen-bond acceptors (Lipinski definition) is 3. The Morgan fingerprint density at radius 1 is 0.848 bits per heavy atom. The van der Waals surface area contributed by atoms with E-state index >= 15 is 0 Å². The van der Waals surface area contributed by atoms with Crippen LogP contribution < -0.4 is 0 Å². The van der Waals surface area contributed by atoms with E-state index in [1.165, 1.54) is 21.4 Å². The number of fused-ring (bicyclic) bond motifs is 5. The van der Waals surface area contributed by atoms with Crippen LogP contribution in [-0.4, -0.2) is 4.98 Å². The number of pyridine rings is 1. The van der Waals surface area contributed by atoms with Gasteiger partial charge in [0, 0.05) is 34.0 Å². The summed E-state index contributed by atoms with van der Waals surface area (Å²) in [5, 5.41) is 5.49. The van der Waals surface area contributed by atoms with E-state index in [9.17, 15) is 0 Å². The molecular weight excluding hydrogens is 422 g/mol. The summed E-state index contributed by atoms with van der Waals surface area (Å²) < 4.78 is 16.5. The third-order valence-electron chi connectivity index (χ3n) is 6.56. The zero-order valence-electron chi connectivity index (χ0n) is 20.2. The number of thiophene rings is 1. The summed E-state index contributed by atoms with van der Waals surface area (Å²) >= 11 is 1.73. The summed E-state index contributed by atoms with van der Waals surface area (Å²) in [6, 6.07) is 21.2. The molecule has 3 heterocycles. The summed E-state index contributed by atoms with van der Waals surface area (Å²) in [5.41, 5.74) is 9.18. The van der Waals surface area contributed by atoms with Gasteiger partial charge in [-0.1, -0.05) is 44.2 Å². The molecule has 0 bridgehead atoms. The third-order valence-corrected chi connectivity index (χ3v) is 7.45. The van der Waals surface area contributed by atoms with Crippen LogP contribution in [-0.2, 0) is 0 Å². The highest BCUT2D eigenvalue weighted by Gasteiger charge is 2.19. The smallest absolute Gasteiger partial charge is 0.144 e. The molecule has 0 saturated carbocycles. The van der Waals surface area contributed by atoms with E-state index in [-0.39, 0.29) is 0 Å². The minimum absolute atomic E-state index is 0.772. The Balaban J connectivity index is 1.65. The molecule has 0 radical (unpaired) electrons. The van der Waals surface area contributed by atoms with Gasteiger partial charge in [-0.25, -0.2) is 0 Å².